The molecule has 2 fully saturated rings. The molecule has 2 aliphatic rings. The van der Waals surface area contributed by atoms with Gasteiger partial charge in [-0.15, -0.1) is 5.10 Å². The van der Waals surface area contributed by atoms with Crippen molar-refractivity contribution in [2.24, 2.45) is 5.90 Å². The van der Waals surface area contributed by atoms with E-state index in [4.69, 9.17) is 10.7 Å². The lowest BCUT2D eigenvalue weighted by atomic mass is 9.87. The van der Waals surface area contributed by atoms with Crippen LogP contribution in [0.4, 0.5) is 10.7 Å². The number of hydrogen-bond donors (Lipinski definition) is 2. The van der Waals surface area contributed by atoms with Gasteiger partial charge in [0.15, 0.2) is 0 Å². The Balaban J connectivity index is 1.21. The molecule has 0 atom stereocenters. The molecule has 0 unspecified atom stereocenters. The van der Waals surface area contributed by atoms with Gasteiger partial charge >= 0.3 is 6.03 Å². The Kier molecular flexibility index (Phi) is 6.14. The number of nitrogens with one attached hydrogen (secondary N) is 1. The Morgan fingerprint density at radius 2 is 1.81 bits per heavy atom. The van der Waals surface area contributed by atoms with E-state index in [1.54, 1.807) is 23.3 Å². The van der Waals surface area contributed by atoms with E-state index in [1.807, 2.05) is 49.1 Å². The van der Waals surface area contributed by atoms with Crippen LogP contribution in [-0.2, 0) is 22.7 Å². The average molecular weight is 492 g/mol. The molecule has 3 aromatic rings. The summed E-state index contributed by atoms with van der Waals surface area (Å²) in [6, 6.07) is 9.17. The van der Waals surface area contributed by atoms with Gasteiger partial charge in [0.05, 0.1) is 19.3 Å². The van der Waals surface area contributed by atoms with Crippen molar-refractivity contribution in [1.29, 1.82) is 0 Å². The second kappa shape index (κ2) is 9.28. The minimum Gasteiger partial charge on any atom is -0.341 e. The SMILES string of the molecule is CC(C)(Cn1cc(-c2cnc(N3CCC4(CC3)NC(=O)N(Cc3ccccc3)C4=O)nc2)nn1)ON. The summed E-state index contributed by atoms with van der Waals surface area (Å²) in [6.07, 6.45) is 6.17. The molecule has 12 heteroatoms. The third kappa shape index (κ3) is 4.64. The highest BCUT2D eigenvalue weighted by atomic mass is 16.6. The average Bonchev–Trinajstić information content (AvgIpc) is 3.43. The topological polar surface area (TPSA) is 144 Å². The minimum atomic E-state index is -0.873. The largest absolute Gasteiger partial charge is 0.341 e. The van der Waals surface area contributed by atoms with E-state index in [0.29, 0.717) is 44.1 Å². The molecule has 1 spiro atoms. The molecular weight excluding hydrogens is 462 g/mol. The minimum absolute atomic E-state index is 0.168. The number of amides is 3. The van der Waals surface area contributed by atoms with Crippen LogP contribution in [0.15, 0.2) is 48.9 Å². The van der Waals surface area contributed by atoms with Gasteiger partial charge in [0.25, 0.3) is 5.91 Å². The summed E-state index contributed by atoms with van der Waals surface area (Å²) in [7, 11) is 0. The van der Waals surface area contributed by atoms with Crippen molar-refractivity contribution in [1.82, 2.24) is 35.2 Å². The fourth-order valence-corrected chi connectivity index (χ4v) is 4.57. The van der Waals surface area contributed by atoms with E-state index in [9.17, 15) is 9.59 Å². The van der Waals surface area contributed by atoms with Gasteiger partial charge in [-0.05, 0) is 32.3 Å². The molecule has 0 bridgehead atoms. The summed E-state index contributed by atoms with van der Waals surface area (Å²) < 4.78 is 1.66. The van der Waals surface area contributed by atoms with Crippen molar-refractivity contribution >= 4 is 17.9 Å². The van der Waals surface area contributed by atoms with E-state index >= 15 is 0 Å². The first-order valence-electron chi connectivity index (χ1n) is 11.8. The third-order valence-corrected chi connectivity index (χ3v) is 6.66. The van der Waals surface area contributed by atoms with Crippen LogP contribution in [0, 0.1) is 0 Å². The molecule has 2 aromatic heterocycles. The van der Waals surface area contributed by atoms with Crippen LogP contribution in [0.3, 0.4) is 0 Å². The molecule has 4 heterocycles. The second-order valence-corrected chi connectivity index (χ2v) is 9.83. The molecule has 0 radical (unpaired) electrons. The smallest absolute Gasteiger partial charge is 0.325 e. The van der Waals surface area contributed by atoms with Gasteiger partial charge in [0.1, 0.15) is 16.8 Å². The van der Waals surface area contributed by atoms with Gasteiger partial charge in [-0.1, -0.05) is 35.5 Å². The summed E-state index contributed by atoms with van der Waals surface area (Å²) in [5.74, 6) is 5.72. The first-order chi connectivity index (χ1) is 17.3. The van der Waals surface area contributed by atoms with Crippen LogP contribution in [0.2, 0.25) is 0 Å². The Bertz CT molecular complexity index is 1240. The number of nitrogens with zero attached hydrogens (tertiary/aromatic N) is 7. The Morgan fingerprint density at radius 3 is 2.47 bits per heavy atom. The molecule has 0 aliphatic carbocycles. The first kappa shape index (κ1) is 23.8. The third-order valence-electron chi connectivity index (χ3n) is 6.66. The number of hydrogen-bond acceptors (Lipinski definition) is 9. The molecule has 12 nitrogen and oxygen atoms in total. The fraction of sp³-hybridized carbons (Fsp3) is 0.417. The van der Waals surface area contributed by atoms with Crippen LogP contribution < -0.4 is 16.1 Å². The monoisotopic (exact) mass is 491 g/mol. The van der Waals surface area contributed by atoms with Crippen molar-refractivity contribution in [2.45, 2.75) is 50.9 Å². The van der Waals surface area contributed by atoms with Crippen LogP contribution in [0.5, 0.6) is 0 Å². The number of urea groups is 1. The van der Waals surface area contributed by atoms with Crippen LogP contribution in [0.25, 0.3) is 11.3 Å². The lowest BCUT2D eigenvalue weighted by Crippen LogP contribution is -2.55. The summed E-state index contributed by atoms with van der Waals surface area (Å²) >= 11 is 0. The highest BCUT2D eigenvalue weighted by molar-refractivity contribution is 6.07. The summed E-state index contributed by atoms with van der Waals surface area (Å²) in [5.41, 5.74) is 0.849. The summed E-state index contributed by atoms with van der Waals surface area (Å²) in [6.45, 7) is 5.54. The molecule has 3 amide bonds. The van der Waals surface area contributed by atoms with E-state index in [1.165, 1.54) is 4.90 Å². The van der Waals surface area contributed by atoms with Gasteiger partial charge in [-0.25, -0.2) is 25.3 Å². The number of nitrogens with two attached hydrogens (primary N) is 1. The zero-order chi connectivity index (χ0) is 25.3. The maximum absolute atomic E-state index is 13.2. The van der Waals surface area contributed by atoms with Gasteiger partial charge in [0, 0.05) is 31.0 Å². The molecular formula is C24H29N9O3. The van der Waals surface area contributed by atoms with Crippen molar-refractivity contribution in [3.8, 4) is 11.3 Å². The Hall–Kier alpha value is -3.90. The van der Waals surface area contributed by atoms with Crippen molar-refractivity contribution in [3.05, 3.63) is 54.5 Å². The number of carbonyl (C=O) groups is 2. The Morgan fingerprint density at radius 1 is 1.11 bits per heavy atom. The van der Waals surface area contributed by atoms with Gasteiger partial charge in [-0.3, -0.25) is 14.5 Å². The first-order valence-corrected chi connectivity index (χ1v) is 11.8. The Labute approximate surface area is 208 Å². The highest BCUT2D eigenvalue weighted by Gasteiger charge is 2.52. The van der Waals surface area contributed by atoms with Gasteiger partial charge < -0.3 is 10.2 Å². The van der Waals surface area contributed by atoms with Crippen LogP contribution >= 0.6 is 0 Å². The molecule has 2 aliphatic heterocycles. The zero-order valence-electron chi connectivity index (χ0n) is 20.3. The van der Waals surface area contributed by atoms with Gasteiger partial charge in [0.2, 0.25) is 5.95 Å². The second-order valence-electron chi connectivity index (χ2n) is 9.83. The molecule has 3 N–H and O–H groups in total. The van der Waals surface area contributed by atoms with Crippen molar-refractivity contribution in [3.63, 3.8) is 0 Å². The van der Waals surface area contributed by atoms with Crippen LogP contribution in [0.1, 0.15) is 32.3 Å². The quantitative estimate of drug-likeness (QED) is 0.371. The molecule has 5 rings (SSSR count). The van der Waals surface area contributed by atoms with E-state index < -0.39 is 11.1 Å². The maximum atomic E-state index is 13.2. The molecule has 36 heavy (non-hydrogen) atoms. The number of carbonyl (C=O) groups excluding carboxylic acids is 2. The number of piperidine rings is 1. The molecule has 188 valence electrons. The summed E-state index contributed by atoms with van der Waals surface area (Å²) in [5, 5.41) is 11.3. The van der Waals surface area contributed by atoms with Crippen molar-refractivity contribution < 1.29 is 14.4 Å². The maximum Gasteiger partial charge on any atom is 0.325 e. The zero-order valence-corrected chi connectivity index (χ0v) is 20.3. The van der Waals surface area contributed by atoms with Crippen molar-refractivity contribution in [2.75, 3.05) is 18.0 Å². The molecule has 1 aromatic carbocycles. The number of anilines is 1. The lowest BCUT2D eigenvalue weighted by Gasteiger charge is -2.37. The lowest BCUT2D eigenvalue weighted by molar-refractivity contribution is -0.132. The van der Waals surface area contributed by atoms with Crippen LogP contribution in [-0.4, -0.2) is 66.0 Å². The van der Waals surface area contributed by atoms with E-state index in [2.05, 4.69) is 25.6 Å². The number of aromatic nitrogens is 5. The van der Waals surface area contributed by atoms with E-state index in [0.717, 1.165) is 11.1 Å². The number of rotatable bonds is 7. The predicted octanol–water partition coefficient (Wildman–Crippen LogP) is 1.50. The van der Waals surface area contributed by atoms with E-state index in [-0.39, 0.29) is 18.5 Å². The fourth-order valence-electron chi connectivity index (χ4n) is 4.57. The molecule has 2 saturated heterocycles. The normalized spacial score (nSPS) is 17.6. The van der Waals surface area contributed by atoms with Gasteiger partial charge in [-0.2, -0.15) is 0 Å². The summed E-state index contributed by atoms with van der Waals surface area (Å²) in [4.78, 5) is 43.1. The number of benzene rings is 1. The molecule has 0 saturated carbocycles. The standard InChI is InChI=1S/C24H29N9O3/c1-23(2,36-25)16-32-15-19(29-30-32)18-12-26-21(27-13-18)31-10-8-24(9-11-31)20(34)33(22(35)28-24)14-17-6-4-3-5-7-17/h3-7,12-13,15H,8-11,14,16,25H2,1-2H3,(H,28,35). The predicted molar refractivity (Wildman–Crippen MR) is 130 cm³/mol. The highest BCUT2D eigenvalue weighted by Crippen LogP contribution is 2.31. The number of imide groups is 1.